The van der Waals surface area contributed by atoms with Gasteiger partial charge in [0, 0.05) is 13.5 Å². The maximum Gasteiger partial charge on any atom is 0.233 e. The van der Waals surface area contributed by atoms with Crippen molar-refractivity contribution in [2.75, 3.05) is 26.3 Å². The molecule has 0 aromatic rings. The van der Waals surface area contributed by atoms with Crippen molar-refractivity contribution in [2.45, 2.75) is 6.92 Å². The van der Waals surface area contributed by atoms with E-state index in [-0.39, 0.29) is 5.91 Å². The molecule has 58 valence electrons. The quantitative estimate of drug-likeness (QED) is 0.492. The summed E-state index contributed by atoms with van der Waals surface area (Å²) in [5.74, 6) is 0.0468. The van der Waals surface area contributed by atoms with Crippen LogP contribution in [0.15, 0.2) is 0 Å². The molecule has 0 spiro atoms. The number of hydrazine groups is 1. The molecule has 4 heteroatoms. The Kier molecular flexibility index (Phi) is 2.65. The molecule has 0 aliphatic carbocycles. The van der Waals surface area contributed by atoms with Crippen molar-refractivity contribution in [2.24, 2.45) is 0 Å². The van der Waals surface area contributed by atoms with Crippen molar-refractivity contribution in [3.05, 3.63) is 0 Å². The van der Waals surface area contributed by atoms with Crippen molar-refractivity contribution in [3.8, 4) is 0 Å². The number of nitrogens with zero attached hydrogens (tertiary/aromatic N) is 1. The molecule has 1 N–H and O–H groups in total. The molecule has 1 fully saturated rings. The van der Waals surface area contributed by atoms with Crippen molar-refractivity contribution in [1.29, 1.82) is 0 Å². The van der Waals surface area contributed by atoms with E-state index in [1.807, 2.05) is 0 Å². The summed E-state index contributed by atoms with van der Waals surface area (Å²) in [5, 5.41) is 1.58. The van der Waals surface area contributed by atoms with Crippen LogP contribution in [0.1, 0.15) is 6.92 Å². The monoisotopic (exact) mass is 144 g/mol. The first-order chi connectivity index (χ1) is 4.80. The van der Waals surface area contributed by atoms with Crippen LogP contribution in [-0.4, -0.2) is 37.2 Å². The minimum absolute atomic E-state index is 0.0468. The predicted octanol–water partition coefficient (Wildman–Crippen LogP) is -0.630. The maximum atomic E-state index is 10.8. The number of ether oxygens (including phenoxy) is 1. The van der Waals surface area contributed by atoms with E-state index >= 15 is 0 Å². The van der Waals surface area contributed by atoms with Crippen LogP contribution in [0.4, 0.5) is 0 Å². The Morgan fingerprint density at radius 1 is 1.60 bits per heavy atom. The molecule has 0 bridgehead atoms. The van der Waals surface area contributed by atoms with Crippen LogP contribution >= 0.6 is 0 Å². The fraction of sp³-hybridized carbons (Fsp3) is 0.833. The number of amides is 1. The lowest BCUT2D eigenvalue weighted by atomic mass is 10.6. The van der Waals surface area contributed by atoms with E-state index in [0.29, 0.717) is 19.8 Å². The third kappa shape index (κ3) is 1.97. The van der Waals surface area contributed by atoms with Crippen LogP contribution in [0.3, 0.4) is 0 Å². The van der Waals surface area contributed by atoms with E-state index in [1.165, 1.54) is 0 Å². The highest BCUT2D eigenvalue weighted by molar-refractivity contribution is 5.72. The average molecular weight is 144 g/mol. The zero-order valence-electron chi connectivity index (χ0n) is 6.09. The van der Waals surface area contributed by atoms with Crippen LogP contribution in [0.25, 0.3) is 0 Å². The summed E-state index contributed by atoms with van der Waals surface area (Å²) in [6.07, 6.45) is 0. The lowest BCUT2D eigenvalue weighted by Crippen LogP contribution is -2.42. The van der Waals surface area contributed by atoms with Gasteiger partial charge in [-0.15, -0.1) is 0 Å². The zero-order valence-corrected chi connectivity index (χ0v) is 6.09. The number of carbonyl (C=O) groups excluding carboxylic acids is 1. The first-order valence-corrected chi connectivity index (χ1v) is 3.40. The minimum Gasteiger partial charge on any atom is -0.378 e. The van der Waals surface area contributed by atoms with Gasteiger partial charge >= 0.3 is 0 Å². The normalized spacial score (nSPS) is 20.3. The summed E-state index contributed by atoms with van der Waals surface area (Å²) in [6.45, 7) is 4.23. The maximum absolute atomic E-state index is 10.8. The Morgan fingerprint density at radius 2 is 2.40 bits per heavy atom. The Hall–Kier alpha value is -0.610. The van der Waals surface area contributed by atoms with Crippen molar-refractivity contribution in [3.63, 3.8) is 0 Å². The molecule has 4 nitrogen and oxygen atoms in total. The second-order valence-electron chi connectivity index (χ2n) is 2.19. The summed E-state index contributed by atoms with van der Waals surface area (Å²) < 4.78 is 5.12. The van der Waals surface area contributed by atoms with Crippen LogP contribution in [0.2, 0.25) is 0 Å². The molecule has 0 aromatic carbocycles. The third-order valence-corrected chi connectivity index (χ3v) is 1.39. The standard InChI is InChI=1S/C6H12N2O2/c1-6(9)8-3-5-10-4-2-7-8/h7H,2-5H2,1H3. The smallest absolute Gasteiger partial charge is 0.233 e. The lowest BCUT2D eigenvalue weighted by molar-refractivity contribution is -0.131. The van der Waals surface area contributed by atoms with Gasteiger partial charge in [-0.1, -0.05) is 0 Å². The topological polar surface area (TPSA) is 41.6 Å². The first kappa shape index (κ1) is 7.50. The number of hydrogen-bond acceptors (Lipinski definition) is 3. The van der Waals surface area contributed by atoms with E-state index < -0.39 is 0 Å². The van der Waals surface area contributed by atoms with Gasteiger partial charge in [-0.25, -0.2) is 5.43 Å². The molecule has 10 heavy (non-hydrogen) atoms. The van der Waals surface area contributed by atoms with Gasteiger partial charge in [0.25, 0.3) is 0 Å². The molecule has 1 rings (SSSR count). The highest BCUT2D eigenvalue weighted by Crippen LogP contribution is 1.88. The summed E-state index contributed by atoms with van der Waals surface area (Å²) in [7, 11) is 0. The Balaban J connectivity index is 2.35. The molecule has 1 aliphatic rings. The van der Waals surface area contributed by atoms with Crippen molar-refractivity contribution >= 4 is 5.91 Å². The van der Waals surface area contributed by atoms with Gasteiger partial charge in [-0.2, -0.15) is 0 Å². The summed E-state index contributed by atoms with van der Waals surface area (Å²) in [5.41, 5.74) is 2.94. The second-order valence-corrected chi connectivity index (χ2v) is 2.19. The van der Waals surface area contributed by atoms with Gasteiger partial charge in [-0.05, 0) is 0 Å². The first-order valence-electron chi connectivity index (χ1n) is 3.40. The molecule has 1 amide bonds. The molecule has 0 saturated carbocycles. The fourth-order valence-corrected chi connectivity index (χ4v) is 0.859. The van der Waals surface area contributed by atoms with Gasteiger partial charge in [0.1, 0.15) is 0 Å². The molecular formula is C6H12N2O2. The molecule has 1 heterocycles. The largest absolute Gasteiger partial charge is 0.378 e. The summed E-state index contributed by atoms with van der Waals surface area (Å²) in [6, 6.07) is 0. The van der Waals surface area contributed by atoms with E-state index in [9.17, 15) is 4.79 Å². The number of rotatable bonds is 0. The zero-order chi connectivity index (χ0) is 7.40. The third-order valence-electron chi connectivity index (χ3n) is 1.39. The van der Waals surface area contributed by atoms with Crippen molar-refractivity contribution in [1.82, 2.24) is 10.4 Å². The lowest BCUT2D eigenvalue weighted by Gasteiger charge is -2.17. The molecule has 0 unspecified atom stereocenters. The molecule has 0 radical (unpaired) electrons. The number of hydrogen-bond donors (Lipinski definition) is 1. The number of carbonyl (C=O) groups is 1. The van der Waals surface area contributed by atoms with Crippen LogP contribution in [0.5, 0.6) is 0 Å². The molecule has 1 aliphatic heterocycles. The van der Waals surface area contributed by atoms with E-state index in [0.717, 1.165) is 6.54 Å². The van der Waals surface area contributed by atoms with Gasteiger partial charge in [0.15, 0.2) is 0 Å². The van der Waals surface area contributed by atoms with Crippen LogP contribution in [-0.2, 0) is 9.53 Å². The van der Waals surface area contributed by atoms with Gasteiger partial charge in [0.2, 0.25) is 5.91 Å². The van der Waals surface area contributed by atoms with Crippen molar-refractivity contribution < 1.29 is 9.53 Å². The SMILES string of the molecule is CC(=O)N1CCOCCN1. The van der Waals surface area contributed by atoms with E-state index in [4.69, 9.17) is 4.74 Å². The summed E-state index contributed by atoms with van der Waals surface area (Å²) >= 11 is 0. The van der Waals surface area contributed by atoms with E-state index in [1.54, 1.807) is 11.9 Å². The minimum atomic E-state index is 0.0468. The molecule has 1 saturated heterocycles. The fourth-order valence-electron chi connectivity index (χ4n) is 0.859. The molecule has 0 aromatic heterocycles. The van der Waals surface area contributed by atoms with Crippen LogP contribution < -0.4 is 5.43 Å². The average Bonchev–Trinajstić information content (AvgIpc) is 2.12. The Morgan fingerprint density at radius 3 is 3.10 bits per heavy atom. The van der Waals surface area contributed by atoms with Crippen LogP contribution in [0, 0.1) is 0 Å². The number of nitrogens with one attached hydrogen (secondary N) is 1. The van der Waals surface area contributed by atoms with Gasteiger partial charge in [-0.3, -0.25) is 9.80 Å². The summed E-state index contributed by atoms with van der Waals surface area (Å²) in [4.78, 5) is 10.8. The second kappa shape index (κ2) is 3.53. The van der Waals surface area contributed by atoms with Gasteiger partial charge in [0.05, 0.1) is 19.8 Å². The highest BCUT2D eigenvalue weighted by Gasteiger charge is 2.09. The highest BCUT2D eigenvalue weighted by atomic mass is 16.5. The Bertz CT molecular complexity index is 119. The van der Waals surface area contributed by atoms with E-state index in [2.05, 4.69) is 5.43 Å². The van der Waals surface area contributed by atoms with Gasteiger partial charge < -0.3 is 4.74 Å². The Labute approximate surface area is 60.1 Å². The molecule has 0 atom stereocenters. The predicted molar refractivity (Wildman–Crippen MR) is 36.2 cm³/mol. The molecular weight excluding hydrogens is 132 g/mol.